The zero-order valence-electron chi connectivity index (χ0n) is 14.6. The minimum atomic E-state index is -0.362. The number of nitrogens with two attached hydrogens (primary N) is 2. The average molecular weight is 354 g/mol. The number of imide groups is 1. The third-order valence-electron chi connectivity index (χ3n) is 4.68. The lowest BCUT2D eigenvalue weighted by atomic mass is 9.93. The van der Waals surface area contributed by atoms with Gasteiger partial charge in [0, 0.05) is 30.1 Å². The Morgan fingerprint density at radius 3 is 2.46 bits per heavy atom. The summed E-state index contributed by atoms with van der Waals surface area (Å²) in [6, 6.07) is 8.70. The summed E-state index contributed by atoms with van der Waals surface area (Å²) in [6.07, 6.45) is 0.557. The van der Waals surface area contributed by atoms with Crippen LogP contribution in [0.15, 0.2) is 30.3 Å². The van der Waals surface area contributed by atoms with Crippen LogP contribution in [0.25, 0.3) is 10.8 Å². The Labute approximate surface area is 151 Å². The van der Waals surface area contributed by atoms with E-state index in [2.05, 4.69) is 5.32 Å². The zero-order chi connectivity index (χ0) is 18.8. The molecule has 0 spiro atoms. The van der Waals surface area contributed by atoms with E-state index < -0.39 is 0 Å². The van der Waals surface area contributed by atoms with Crippen molar-refractivity contribution in [1.29, 1.82) is 0 Å². The van der Waals surface area contributed by atoms with Crippen molar-refractivity contribution in [3.05, 3.63) is 41.5 Å². The Morgan fingerprint density at radius 2 is 1.81 bits per heavy atom. The van der Waals surface area contributed by atoms with Crippen LogP contribution in [-0.4, -0.2) is 42.3 Å². The normalized spacial score (nSPS) is 13.6. The van der Waals surface area contributed by atoms with Gasteiger partial charge in [-0.05, 0) is 49.0 Å². The van der Waals surface area contributed by atoms with Crippen molar-refractivity contribution in [2.75, 3.05) is 25.0 Å². The van der Waals surface area contributed by atoms with Crippen LogP contribution < -0.4 is 16.8 Å². The number of nitrogens with zero attached hydrogens (tertiary/aromatic N) is 1. The van der Waals surface area contributed by atoms with Crippen LogP contribution in [0.1, 0.15) is 34.1 Å². The first kappa shape index (κ1) is 18.0. The van der Waals surface area contributed by atoms with E-state index in [1.54, 1.807) is 24.3 Å². The number of benzene rings is 2. The van der Waals surface area contributed by atoms with Crippen LogP contribution in [0, 0.1) is 5.92 Å². The number of carbonyl (C=O) groups is 3. The van der Waals surface area contributed by atoms with E-state index >= 15 is 0 Å². The molecule has 0 radical (unpaired) electrons. The number of anilines is 1. The van der Waals surface area contributed by atoms with Gasteiger partial charge in [-0.15, -0.1) is 0 Å². The van der Waals surface area contributed by atoms with Crippen molar-refractivity contribution < 1.29 is 14.4 Å². The van der Waals surface area contributed by atoms with E-state index in [-0.39, 0.29) is 30.2 Å². The van der Waals surface area contributed by atoms with Crippen LogP contribution in [0.3, 0.4) is 0 Å². The van der Waals surface area contributed by atoms with E-state index in [9.17, 15) is 14.4 Å². The molecule has 3 rings (SSSR count). The standard InChI is InChI=1S/C19H22N4O3/c1-11(24)22-14-7-13-3-2-4-15-17(13)16(8-14)19(26)23(18(15)25)6-5-12(9-20)10-21/h2-4,7-8,12H,5-6,9-10,20-21H2,1H3,(H,22,24). The Balaban J connectivity index is 2.03. The molecule has 0 fully saturated rings. The lowest BCUT2D eigenvalue weighted by Crippen LogP contribution is -2.42. The summed E-state index contributed by atoms with van der Waals surface area (Å²) in [5.41, 5.74) is 12.8. The molecular formula is C19H22N4O3. The second-order valence-corrected chi connectivity index (χ2v) is 6.50. The van der Waals surface area contributed by atoms with Gasteiger partial charge in [0.05, 0.1) is 5.56 Å². The number of rotatable bonds is 6. The van der Waals surface area contributed by atoms with Gasteiger partial charge in [0.1, 0.15) is 0 Å². The van der Waals surface area contributed by atoms with E-state index in [1.807, 2.05) is 6.07 Å². The van der Waals surface area contributed by atoms with Gasteiger partial charge < -0.3 is 16.8 Å². The summed E-state index contributed by atoms with van der Waals surface area (Å²) >= 11 is 0. The fraction of sp³-hybridized carbons (Fsp3) is 0.316. The predicted octanol–water partition coefficient (Wildman–Crippen LogP) is 1.32. The molecule has 1 aliphatic rings. The van der Waals surface area contributed by atoms with Crippen LogP contribution in [0.5, 0.6) is 0 Å². The van der Waals surface area contributed by atoms with Crippen molar-refractivity contribution >= 4 is 34.2 Å². The molecule has 3 amide bonds. The van der Waals surface area contributed by atoms with Crippen LogP contribution in [-0.2, 0) is 4.79 Å². The molecule has 0 saturated carbocycles. The molecule has 5 N–H and O–H groups in total. The molecule has 0 saturated heterocycles. The van der Waals surface area contributed by atoms with Gasteiger partial charge in [0.2, 0.25) is 5.91 Å². The van der Waals surface area contributed by atoms with Crippen molar-refractivity contribution in [1.82, 2.24) is 4.90 Å². The number of carbonyl (C=O) groups excluding carboxylic acids is 3. The maximum atomic E-state index is 13.0. The first-order valence-electron chi connectivity index (χ1n) is 8.57. The quantitative estimate of drug-likeness (QED) is 0.676. The van der Waals surface area contributed by atoms with Gasteiger partial charge in [-0.1, -0.05) is 12.1 Å². The van der Waals surface area contributed by atoms with Crippen LogP contribution in [0.2, 0.25) is 0 Å². The molecule has 0 aliphatic carbocycles. The highest BCUT2D eigenvalue weighted by atomic mass is 16.2. The van der Waals surface area contributed by atoms with E-state index in [0.717, 1.165) is 5.39 Å². The lowest BCUT2D eigenvalue weighted by molar-refractivity contribution is -0.114. The molecule has 7 heteroatoms. The maximum absolute atomic E-state index is 13.0. The van der Waals surface area contributed by atoms with Crippen molar-refractivity contribution in [3.8, 4) is 0 Å². The number of nitrogens with one attached hydrogen (secondary N) is 1. The molecule has 2 aromatic carbocycles. The highest BCUT2D eigenvalue weighted by molar-refractivity contribution is 6.26. The molecule has 1 aliphatic heterocycles. The third-order valence-corrected chi connectivity index (χ3v) is 4.68. The van der Waals surface area contributed by atoms with Gasteiger partial charge in [0.15, 0.2) is 0 Å². The largest absolute Gasteiger partial charge is 0.330 e. The third kappa shape index (κ3) is 3.18. The van der Waals surface area contributed by atoms with Gasteiger partial charge in [-0.25, -0.2) is 0 Å². The Hall–Kier alpha value is -2.77. The lowest BCUT2D eigenvalue weighted by Gasteiger charge is -2.28. The Kier molecular flexibility index (Phi) is 5.01. The molecule has 2 aromatic rings. The minimum absolute atomic E-state index is 0.0542. The molecule has 0 atom stereocenters. The number of hydrogen-bond donors (Lipinski definition) is 3. The fourth-order valence-corrected chi connectivity index (χ4v) is 3.28. The minimum Gasteiger partial charge on any atom is -0.330 e. The first-order valence-corrected chi connectivity index (χ1v) is 8.57. The topological polar surface area (TPSA) is 119 Å². The van der Waals surface area contributed by atoms with E-state index in [4.69, 9.17) is 11.5 Å². The maximum Gasteiger partial charge on any atom is 0.261 e. The summed E-state index contributed by atoms with van der Waals surface area (Å²) < 4.78 is 0. The highest BCUT2D eigenvalue weighted by Gasteiger charge is 2.33. The highest BCUT2D eigenvalue weighted by Crippen LogP contribution is 2.33. The van der Waals surface area contributed by atoms with Gasteiger partial charge in [-0.2, -0.15) is 0 Å². The summed E-state index contributed by atoms with van der Waals surface area (Å²) in [6.45, 7) is 2.48. The predicted molar refractivity (Wildman–Crippen MR) is 99.8 cm³/mol. The monoisotopic (exact) mass is 354 g/mol. The molecule has 0 bridgehead atoms. The van der Waals surface area contributed by atoms with Crippen molar-refractivity contribution in [2.45, 2.75) is 13.3 Å². The smallest absolute Gasteiger partial charge is 0.261 e. The van der Waals surface area contributed by atoms with Crippen LogP contribution >= 0.6 is 0 Å². The average Bonchev–Trinajstić information content (AvgIpc) is 2.62. The molecule has 0 aromatic heterocycles. The molecule has 136 valence electrons. The van der Waals surface area contributed by atoms with Gasteiger partial charge in [-0.3, -0.25) is 19.3 Å². The van der Waals surface area contributed by atoms with Gasteiger partial charge in [0.25, 0.3) is 11.8 Å². The number of hydrogen-bond acceptors (Lipinski definition) is 5. The molecular weight excluding hydrogens is 332 g/mol. The Morgan fingerprint density at radius 1 is 1.12 bits per heavy atom. The fourth-order valence-electron chi connectivity index (χ4n) is 3.28. The first-order chi connectivity index (χ1) is 12.5. The molecule has 1 heterocycles. The van der Waals surface area contributed by atoms with Crippen molar-refractivity contribution in [2.24, 2.45) is 17.4 Å². The molecule has 0 unspecified atom stereocenters. The second-order valence-electron chi connectivity index (χ2n) is 6.50. The summed E-state index contributed by atoms with van der Waals surface area (Å²) in [5, 5.41) is 4.07. The van der Waals surface area contributed by atoms with Gasteiger partial charge >= 0.3 is 0 Å². The van der Waals surface area contributed by atoms with E-state index in [1.165, 1.54) is 11.8 Å². The molecule has 7 nitrogen and oxygen atoms in total. The second kappa shape index (κ2) is 7.23. The van der Waals surface area contributed by atoms with E-state index in [0.29, 0.717) is 41.7 Å². The SMILES string of the molecule is CC(=O)Nc1cc2c3c(cccc3c1)C(=O)N(CCC(CN)CN)C2=O. The summed E-state index contributed by atoms with van der Waals surface area (Å²) in [4.78, 5) is 38.4. The Bertz CT molecular complexity index is 890. The zero-order valence-corrected chi connectivity index (χ0v) is 14.6. The van der Waals surface area contributed by atoms with Crippen LogP contribution in [0.4, 0.5) is 5.69 Å². The number of amides is 3. The summed E-state index contributed by atoms with van der Waals surface area (Å²) in [5.74, 6) is -0.844. The molecule has 26 heavy (non-hydrogen) atoms. The van der Waals surface area contributed by atoms with Crippen molar-refractivity contribution in [3.63, 3.8) is 0 Å². The summed E-state index contributed by atoms with van der Waals surface area (Å²) in [7, 11) is 0.